The molecule has 0 radical (unpaired) electrons. The normalized spacial score (nSPS) is 22.6. The summed E-state index contributed by atoms with van der Waals surface area (Å²) in [7, 11) is 0. The predicted molar refractivity (Wildman–Crippen MR) is 74.4 cm³/mol. The van der Waals surface area contributed by atoms with Gasteiger partial charge >= 0.3 is 0 Å². The third-order valence-corrected chi connectivity index (χ3v) is 3.89. The summed E-state index contributed by atoms with van der Waals surface area (Å²) < 4.78 is 5.74. The summed E-state index contributed by atoms with van der Waals surface area (Å²) in [6.45, 7) is 7.90. The Morgan fingerprint density at radius 2 is 2.18 bits per heavy atom. The van der Waals surface area contributed by atoms with E-state index in [0.717, 1.165) is 19.1 Å². The third-order valence-electron chi connectivity index (χ3n) is 3.89. The van der Waals surface area contributed by atoms with Crippen molar-refractivity contribution < 1.29 is 4.74 Å². The lowest BCUT2D eigenvalue weighted by atomic mass is 9.99. The van der Waals surface area contributed by atoms with Gasteiger partial charge in [-0.2, -0.15) is 0 Å². The SMILES string of the molecule is CCCCC(CC)CNCCC1CCCCO1. The van der Waals surface area contributed by atoms with Crippen LogP contribution in [0.15, 0.2) is 0 Å². The fourth-order valence-corrected chi connectivity index (χ4v) is 2.55. The Balaban J connectivity index is 1.97. The van der Waals surface area contributed by atoms with Crippen LogP contribution in [0.2, 0.25) is 0 Å². The van der Waals surface area contributed by atoms with Crippen molar-refractivity contribution >= 4 is 0 Å². The average molecular weight is 241 g/mol. The van der Waals surface area contributed by atoms with Crippen molar-refractivity contribution in [3.05, 3.63) is 0 Å². The van der Waals surface area contributed by atoms with E-state index in [0.29, 0.717) is 6.10 Å². The van der Waals surface area contributed by atoms with E-state index in [1.54, 1.807) is 0 Å². The van der Waals surface area contributed by atoms with Gasteiger partial charge < -0.3 is 10.1 Å². The number of nitrogens with one attached hydrogen (secondary N) is 1. The van der Waals surface area contributed by atoms with Crippen LogP contribution in [-0.4, -0.2) is 25.8 Å². The third kappa shape index (κ3) is 7.05. The molecule has 102 valence electrons. The average Bonchev–Trinajstić information content (AvgIpc) is 2.39. The van der Waals surface area contributed by atoms with E-state index in [4.69, 9.17) is 4.74 Å². The van der Waals surface area contributed by atoms with Crippen molar-refractivity contribution in [3.8, 4) is 0 Å². The molecule has 0 aromatic rings. The van der Waals surface area contributed by atoms with Crippen LogP contribution in [0.1, 0.15) is 65.2 Å². The van der Waals surface area contributed by atoms with E-state index in [2.05, 4.69) is 19.2 Å². The minimum Gasteiger partial charge on any atom is -0.378 e. The highest BCUT2D eigenvalue weighted by molar-refractivity contribution is 4.66. The van der Waals surface area contributed by atoms with Crippen molar-refractivity contribution in [2.75, 3.05) is 19.7 Å². The molecule has 0 amide bonds. The molecular weight excluding hydrogens is 210 g/mol. The van der Waals surface area contributed by atoms with Crippen LogP contribution in [0.25, 0.3) is 0 Å². The monoisotopic (exact) mass is 241 g/mol. The van der Waals surface area contributed by atoms with Crippen molar-refractivity contribution in [3.63, 3.8) is 0 Å². The van der Waals surface area contributed by atoms with Gasteiger partial charge in [0.2, 0.25) is 0 Å². The van der Waals surface area contributed by atoms with Crippen LogP contribution in [0, 0.1) is 5.92 Å². The highest BCUT2D eigenvalue weighted by Gasteiger charge is 2.13. The Kier molecular flexibility index (Phi) is 8.72. The fraction of sp³-hybridized carbons (Fsp3) is 1.00. The van der Waals surface area contributed by atoms with Gasteiger partial charge in [0.25, 0.3) is 0 Å². The van der Waals surface area contributed by atoms with Gasteiger partial charge in [-0.05, 0) is 51.1 Å². The molecule has 0 aromatic heterocycles. The van der Waals surface area contributed by atoms with Crippen LogP contribution in [0.3, 0.4) is 0 Å². The fourth-order valence-electron chi connectivity index (χ4n) is 2.55. The molecule has 2 heteroatoms. The highest BCUT2D eigenvalue weighted by Crippen LogP contribution is 2.15. The largest absolute Gasteiger partial charge is 0.378 e. The molecule has 1 heterocycles. The first-order valence-corrected chi connectivity index (χ1v) is 7.69. The zero-order valence-electron chi connectivity index (χ0n) is 11.8. The second-order valence-corrected chi connectivity index (χ2v) is 5.40. The molecule has 0 bridgehead atoms. The molecule has 1 fully saturated rings. The minimum absolute atomic E-state index is 0.534. The summed E-state index contributed by atoms with van der Waals surface area (Å²) in [5.74, 6) is 0.877. The summed E-state index contributed by atoms with van der Waals surface area (Å²) >= 11 is 0. The Labute approximate surface area is 108 Å². The lowest BCUT2D eigenvalue weighted by molar-refractivity contribution is 0.0114. The predicted octanol–water partition coefficient (Wildman–Crippen LogP) is 3.75. The number of rotatable bonds is 9. The van der Waals surface area contributed by atoms with E-state index in [1.807, 2.05) is 0 Å². The van der Waals surface area contributed by atoms with Crippen molar-refractivity contribution in [1.29, 1.82) is 0 Å². The zero-order chi connectivity index (χ0) is 12.3. The van der Waals surface area contributed by atoms with Crippen LogP contribution in [-0.2, 0) is 4.74 Å². The molecule has 17 heavy (non-hydrogen) atoms. The Morgan fingerprint density at radius 1 is 1.29 bits per heavy atom. The minimum atomic E-state index is 0.534. The molecule has 2 nitrogen and oxygen atoms in total. The molecule has 1 rings (SSSR count). The standard InChI is InChI=1S/C15H31NO/c1-3-5-8-14(4-2)13-16-11-10-15-9-6-7-12-17-15/h14-16H,3-13H2,1-2H3. The van der Waals surface area contributed by atoms with Crippen LogP contribution >= 0.6 is 0 Å². The van der Waals surface area contributed by atoms with E-state index < -0.39 is 0 Å². The van der Waals surface area contributed by atoms with Gasteiger partial charge in [0.1, 0.15) is 0 Å². The molecule has 2 atom stereocenters. The first-order valence-electron chi connectivity index (χ1n) is 7.69. The van der Waals surface area contributed by atoms with Crippen molar-refractivity contribution in [2.45, 2.75) is 71.3 Å². The molecule has 1 N–H and O–H groups in total. The number of unbranched alkanes of at least 4 members (excludes halogenated alkanes) is 1. The van der Waals surface area contributed by atoms with Gasteiger partial charge in [0.05, 0.1) is 6.10 Å². The Hall–Kier alpha value is -0.0800. The summed E-state index contributed by atoms with van der Waals surface area (Å²) in [6, 6.07) is 0. The Morgan fingerprint density at radius 3 is 2.82 bits per heavy atom. The zero-order valence-corrected chi connectivity index (χ0v) is 11.8. The van der Waals surface area contributed by atoms with Crippen molar-refractivity contribution in [2.24, 2.45) is 5.92 Å². The molecule has 1 aliphatic rings. The second kappa shape index (κ2) is 9.90. The first kappa shape index (κ1) is 15.0. The van der Waals surface area contributed by atoms with Gasteiger partial charge in [0, 0.05) is 6.61 Å². The molecule has 0 saturated carbocycles. The summed E-state index contributed by atoms with van der Waals surface area (Å²) in [4.78, 5) is 0. The van der Waals surface area contributed by atoms with Gasteiger partial charge in [0.15, 0.2) is 0 Å². The second-order valence-electron chi connectivity index (χ2n) is 5.40. The molecule has 0 spiro atoms. The number of ether oxygens (including phenoxy) is 1. The van der Waals surface area contributed by atoms with E-state index in [9.17, 15) is 0 Å². The maximum Gasteiger partial charge on any atom is 0.0587 e. The molecule has 2 unspecified atom stereocenters. The van der Waals surface area contributed by atoms with Crippen LogP contribution in [0.4, 0.5) is 0 Å². The lowest BCUT2D eigenvalue weighted by Crippen LogP contribution is -2.28. The molecule has 1 aliphatic heterocycles. The first-order chi connectivity index (χ1) is 8.36. The van der Waals surface area contributed by atoms with Gasteiger partial charge in [-0.1, -0.05) is 33.1 Å². The van der Waals surface area contributed by atoms with E-state index in [1.165, 1.54) is 57.9 Å². The van der Waals surface area contributed by atoms with Gasteiger partial charge in [-0.15, -0.1) is 0 Å². The number of hydrogen-bond donors (Lipinski definition) is 1. The maximum atomic E-state index is 5.74. The van der Waals surface area contributed by atoms with Crippen molar-refractivity contribution in [1.82, 2.24) is 5.32 Å². The smallest absolute Gasteiger partial charge is 0.0587 e. The lowest BCUT2D eigenvalue weighted by Gasteiger charge is -2.23. The van der Waals surface area contributed by atoms with Gasteiger partial charge in [-0.25, -0.2) is 0 Å². The van der Waals surface area contributed by atoms with Gasteiger partial charge in [-0.3, -0.25) is 0 Å². The quantitative estimate of drug-likeness (QED) is 0.621. The molecule has 0 aromatic carbocycles. The summed E-state index contributed by atoms with van der Waals surface area (Å²) in [5, 5.41) is 3.61. The van der Waals surface area contributed by atoms with E-state index in [-0.39, 0.29) is 0 Å². The van der Waals surface area contributed by atoms with Crippen LogP contribution in [0.5, 0.6) is 0 Å². The maximum absolute atomic E-state index is 5.74. The topological polar surface area (TPSA) is 21.3 Å². The molecule has 0 aliphatic carbocycles. The summed E-state index contributed by atoms with van der Waals surface area (Å²) in [6.07, 6.45) is 11.0. The van der Waals surface area contributed by atoms with E-state index >= 15 is 0 Å². The Bertz CT molecular complexity index is 166. The number of hydrogen-bond acceptors (Lipinski definition) is 2. The molecule has 1 saturated heterocycles. The summed E-state index contributed by atoms with van der Waals surface area (Å²) in [5.41, 5.74) is 0. The van der Waals surface area contributed by atoms with Crippen LogP contribution < -0.4 is 5.32 Å². The molecular formula is C15H31NO. The highest BCUT2D eigenvalue weighted by atomic mass is 16.5.